The first-order chi connectivity index (χ1) is 7.22. The lowest BCUT2D eigenvalue weighted by molar-refractivity contribution is 0.261. The fraction of sp³-hybridized carbons (Fsp3) is 0.500. The fourth-order valence-corrected chi connectivity index (χ4v) is 1.22. The van der Waals surface area contributed by atoms with Crippen LogP contribution in [-0.4, -0.2) is 38.7 Å². The Balaban J connectivity index is 2.36. The van der Waals surface area contributed by atoms with E-state index in [9.17, 15) is 0 Å². The molecule has 3 nitrogen and oxygen atoms in total. The molecular formula is C12H20N2O. The van der Waals surface area contributed by atoms with Crippen LogP contribution in [0.3, 0.4) is 0 Å². The molecule has 1 aromatic rings. The summed E-state index contributed by atoms with van der Waals surface area (Å²) in [6, 6.07) is 8.06. The maximum atomic E-state index is 5.58. The third kappa shape index (κ3) is 4.70. The lowest BCUT2D eigenvalue weighted by atomic mass is 10.3. The molecule has 0 saturated carbocycles. The minimum Gasteiger partial charge on any atom is -0.492 e. The highest BCUT2D eigenvalue weighted by Crippen LogP contribution is 2.15. The van der Waals surface area contributed by atoms with Crippen LogP contribution in [0.2, 0.25) is 0 Å². The highest BCUT2D eigenvalue weighted by atomic mass is 16.5. The van der Waals surface area contributed by atoms with Crippen LogP contribution in [0.25, 0.3) is 0 Å². The molecule has 0 aliphatic heterocycles. The van der Waals surface area contributed by atoms with E-state index >= 15 is 0 Å². The van der Waals surface area contributed by atoms with E-state index < -0.39 is 0 Å². The summed E-state index contributed by atoms with van der Waals surface area (Å²) in [6.07, 6.45) is 0. The van der Waals surface area contributed by atoms with Crippen molar-refractivity contribution in [2.45, 2.75) is 6.92 Å². The number of anilines is 1. The maximum absolute atomic E-state index is 5.58. The zero-order valence-corrected chi connectivity index (χ0v) is 9.79. The quantitative estimate of drug-likeness (QED) is 0.774. The van der Waals surface area contributed by atoms with Crippen LogP contribution in [-0.2, 0) is 0 Å². The van der Waals surface area contributed by atoms with Crippen molar-refractivity contribution in [1.29, 1.82) is 0 Å². The molecule has 0 radical (unpaired) electrons. The second-order valence-electron chi connectivity index (χ2n) is 3.71. The molecule has 0 saturated heterocycles. The Hall–Kier alpha value is -1.22. The third-order valence-electron chi connectivity index (χ3n) is 2.04. The summed E-state index contributed by atoms with van der Waals surface area (Å²) >= 11 is 0. The summed E-state index contributed by atoms with van der Waals surface area (Å²) in [5.74, 6) is 0.929. The van der Waals surface area contributed by atoms with Gasteiger partial charge in [0.05, 0.1) is 0 Å². The van der Waals surface area contributed by atoms with Crippen molar-refractivity contribution in [3.05, 3.63) is 24.3 Å². The molecule has 1 N–H and O–H groups in total. The van der Waals surface area contributed by atoms with Gasteiger partial charge >= 0.3 is 0 Å². The van der Waals surface area contributed by atoms with Crippen molar-refractivity contribution in [3.8, 4) is 5.75 Å². The van der Waals surface area contributed by atoms with Gasteiger partial charge in [0.25, 0.3) is 0 Å². The van der Waals surface area contributed by atoms with E-state index in [1.807, 2.05) is 38.4 Å². The predicted molar refractivity (Wildman–Crippen MR) is 64.7 cm³/mol. The summed E-state index contributed by atoms with van der Waals surface area (Å²) in [6.45, 7) is 4.70. The normalized spacial score (nSPS) is 10.4. The van der Waals surface area contributed by atoms with Crippen LogP contribution < -0.4 is 10.1 Å². The van der Waals surface area contributed by atoms with Gasteiger partial charge in [-0.3, -0.25) is 0 Å². The van der Waals surface area contributed by atoms with Crippen molar-refractivity contribution in [2.24, 2.45) is 0 Å². The third-order valence-corrected chi connectivity index (χ3v) is 2.04. The van der Waals surface area contributed by atoms with E-state index in [1.54, 1.807) is 0 Å². The number of benzene rings is 1. The van der Waals surface area contributed by atoms with Gasteiger partial charge in [0, 0.05) is 18.8 Å². The number of hydrogen-bond acceptors (Lipinski definition) is 3. The molecule has 0 amide bonds. The average Bonchev–Trinajstić information content (AvgIpc) is 2.20. The Morgan fingerprint density at radius 3 is 2.40 bits per heavy atom. The minimum absolute atomic E-state index is 0.730. The first kappa shape index (κ1) is 11.9. The highest BCUT2D eigenvalue weighted by molar-refractivity contribution is 5.46. The van der Waals surface area contributed by atoms with Crippen LogP contribution in [0.4, 0.5) is 5.69 Å². The fourth-order valence-electron chi connectivity index (χ4n) is 1.22. The Morgan fingerprint density at radius 2 is 1.87 bits per heavy atom. The molecule has 0 aromatic heterocycles. The number of rotatable bonds is 6. The highest BCUT2D eigenvalue weighted by Gasteiger charge is 1.95. The topological polar surface area (TPSA) is 24.5 Å². The largest absolute Gasteiger partial charge is 0.492 e. The Bertz CT molecular complexity index is 269. The summed E-state index contributed by atoms with van der Waals surface area (Å²) in [5, 5.41) is 3.25. The molecule has 0 atom stereocenters. The van der Waals surface area contributed by atoms with Gasteiger partial charge in [0.1, 0.15) is 12.4 Å². The first-order valence-electron chi connectivity index (χ1n) is 5.34. The number of hydrogen-bond donors (Lipinski definition) is 1. The van der Waals surface area contributed by atoms with Crippen molar-refractivity contribution in [2.75, 3.05) is 39.1 Å². The number of likely N-dealkylation sites (N-methyl/N-ethyl adjacent to an activating group) is 1. The molecule has 15 heavy (non-hydrogen) atoms. The molecule has 0 aliphatic rings. The van der Waals surface area contributed by atoms with E-state index in [0.717, 1.165) is 31.1 Å². The Kier molecular flexibility index (Phi) is 4.98. The monoisotopic (exact) mass is 208 g/mol. The summed E-state index contributed by atoms with van der Waals surface area (Å²) < 4.78 is 5.58. The molecule has 1 aromatic carbocycles. The van der Waals surface area contributed by atoms with E-state index in [-0.39, 0.29) is 0 Å². The standard InChI is InChI=1S/C12H20N2O/c1-4-13-11-5-7-12(8-6-11)15-10-9-14(2)3/h5-8,13H,4,9-10H2,1-3H3. The van der Waals surface area contributed by atoms with Crippen LogP contribution >= 0.6 is 0 Å². The lowest BCUT2D eigenvalue weighted by Crippen LogP contribution is -2.19. The maximum Gasteiger partial charge on any atom is 0.119 e. The smallest absolute Gasteiger partial charge is 0.119 e. The predicted octanol–water partition coefficient (Wildman–Crippen LogP) is 2.06. The van der Waals surface area contributed by atoms with Gasteiger partial charge in [-0.2, -0.15) is 0 Å². The van der Waals surface area contributed by atoms with E-state index in [4.69, 9.17) is 4.74 Å². The molecule has 0 bridgehead atoms. The van der Waals surface area contributed by atoms with Crippen molar-refractivity contribution < 1.29 is 4.74 Å². The summed E-state index contributed by atoms with van der Waals surface area (Å²) in [7, 11) is 4.08. The van der Waals surface area contributed by atoms with Gasteiger partial charge in [0.2, 0.25) is 0 Å². The second-order valence-corrected chi connectivity index (χ2v) is 3.71. The molecule has 3 heteroatoms. The van der Waals surface area contributed by atoms with E-state index in [0.29, 0.717) is 0 Å². The van der Waals surface area contributed by atoms with Crippen LogP contribution in [0.1, 0.15) is 6.92 Å². The van der Waals surface area contributed by atoms with Gasteiger partial charge in [-0.15, -0.1) is 0 Å². The zero-order chi connectivity index (χ0) is 11.1. The van der Waals surface area contributed by atoms with Crippen LogP contribution in [0, 0.1) is 0 Å². The van der Waals surface area contributed by atoms with Gasteiger partial charge < -0.3 is 15.0 Å². The first-order valence-corrected chi connectivity index (χ1v) is 5.34. The number of nitrogens with one attached hydrogen (secondary N) is 1. The van der Waals surface area contributed by atoms with E-state index in [2.05, 4.69) is 17.1 Å². The lowest BCUT2D eigenvalue weighted by Gasteiger charge is -2.11. The van der Waals surface area contributed by atoms with Crippen LogP contribution in [0.5, 0.6) is 5.75 Å². The Labute approximate surface area is 92.0 Å². The molecule has 0 fully saturated rings. The zero-order valence-electron chi connectivity index (χ0n) is 9.79. The molecule has 0 heterocycles. The van der Waals surface area contributed by atoms with Gasteiger partial charge in [0.15, 0.2) is 0 Å². The van der Waals surface area contributed by atoms with Crippen molar-refractivity contribution in [3.63, 3.8) is 0 Å². The number of nitrogens with zero attached hydrogens (tertiary/aromatic N) is 1. The molecular weight excluding hydrogens is 188 g/mol. The van der Waals surface area contributed by atoms with Crippen LogP contribution in [0.15, 0.2) is 24.3 Å². The molecule has 1 rings (SSSR count). The van der Waals surface area contributed by atoms with Crippen molar-refractivity contribution in [1.82, 2.24) is 4.90 Å². The van der Waals surface area contributed by atoms with Gasteiger partial charge in [-0.1, -0.05) is 0 Å². The SMILES string of the molecule is CCNc1ccc(OCCN(C)C)cc1. The Morgan fingerprint density at radius 1 is 1.20 bits per heavy atom. The van der Waals surface area contributed by atoms with Crippen molar-refractivity contribution >= 4 is 5.69 Å². The summed E-state index contributed by atoms with van der Waals surface area (Å²) in [4.78, 5) is 2.10. The average molecular weight is 208 g/mol. The van der Waals surface area contributed by atoms with Gasteiger partial charge in [-0.25, -0.2) is 0 Å². The molecule has 84 valence electrons. The molecule has 0 unspecified atom stereocenters. The van der Waals surface area contributed by atoms with Gasteiger partial charge in [-0.05, 0) is 45.3 Å². The summed E-state index contributed by atoms with van der Waals surface area (Å²) in [5.41, 5.74) is 1.14. The molecule has 0 aliphatic carbocycles. The minimum atomic E-state index is 0.730. The number of ether oxygens (including phenoxy) is 1. The van der Waals surface area contributed by atoms with E-state index in [1.165, 1.54) is 0 Å². The second kappa shape index (κ2) is 6.30. The molecule has 0 spiro atoms.